The van der Waals surface area contributed by atoms with Gasteiger partial charge >= 0.3 is 0 Å². The molecule has 0 saturated heterocycles. The lowest BCUT2D eigenvalue weighted by molar-refractivity contribution is -0.764. The Hall–Kier alpha value is -1.37. The van der Waals surface area contributed by atoms with E-state index in [2.05, 4.69) is 10.2 Å². The quantitative estimate of drug-likeness (QED) is 0.415. The molecule has 0 aliphatic carbocycles. The highest BCUT2D eigenvalue weighted by atomic mass is 17.0. The van der Waals surface area contributed by atoms with Crippen molar-refractivity contribution < 1.29 is 14.7 Å². The Labute approximate surface area is 75.3 Å². The fraction of sp³-hybridized carbons (Fsp3) is 0.833. The Kier molecular flexibility index (Phi) is 5.53. The second-order valence-corrected chi connectivity index (χ2v) is 2.31. The molecule has 0 saturated carbocycles. The molecule has 76 valence electrons. The first-order valence-electron chi connectivity index (χ1n) is 3.90. The second-order valence-electron chi connectivity index (χ2n) is 2.31. The Morgan fingerprint density at radius 2 is 2.38 bits per heavy atom. The number of nitrogens with two attached hydrogens (primary N) is 1. The molecule has 1 amide bonds. The van der Waals surface area contributed by atoms with Crippen LogP contribution < -0.4 is 11.1 Å². The fourth-order valence-electron chi connectivity index (χ4n) is 0.721. The molecule has 1 unspecified atom stereocenters. The summed E-state index contributed by atoms with van der Waals surface area (Å²) in [6.07, 6.45) is -0.793. The van der Waals surface area contributed by atoms with Crippen molar-refractivity contribution in [3.05, 3.63) is 10.1 Å². The number of hydrogen-bond acceptors (Lipinski definition) is 5. The van der Waals surface area contributed by atoms with Gasteiger partial charge in [0, 0.05) is 13.1 Å². The van der Waals surface area contributed by atoms with Crippen molar-refractivity contribution in [1.82, 2.24) is 5.32 Å². The summed E-state index contributed by atoms with van der Waals surface area (Å²) < 4.78 is 0. The second kappa shape index (κ2) is 6.18. The highest BCUT2D eigenvalue weighted by Gasteiger charge is 2.19. The molecule has 0 aliphatic heterocycles. The van der Waals surface area contributed by atoms with E-state index in [9.17, 15) is 14.9 Å². The van der Waals surface area contributed by atoms with Crippen molar-refractivity contribution in [2.75, 3.05) is 13.1 Å². The van der Waals surface area contributed by atoms with E-state index in [0.29, 0.717) is 6.54 Å². The first kappa shape index (κ1) is 11.6. The molecule has 1 atom stereocenters. The summed E-state index contributed by atoms with van der Waals surface area (Å²) in [6.45, 7) is 2.20. The van der Waals surface area contributed by atoms with Gasteiger partial charge in [-0.15, -0.1) is 10.1 Å². The average Bonchev–Trinajstić information content (AvgIpc) is 2.09. The topological polar surface area (TPSA) is 107 Å². The zero-order valence-electron chi connectivity index (χ0n) is 7.36. The predicted molar refractivity (Wildman–Crippen MR) is 44.2 cm³/mol. The van der Waals surface area contributed by atoms with E-state index >= 15 is 0 Å². The van der Waals surface area contributed by atoms with Gasteiger partial charge in [0.15, 0.2) is 6.10 Å². The SMILES string of the molecule is CCC(O[N+](=O)[O-])C(=O)NCCN. The number of rotatable bonds is 6. The Balaban J connectivity index is 3.92. The van der Waals surface area contributed by atoms with Gasteiger partial charge in [-0.25, -0.2) is 0 Å². The molecule has 7 heteroatoms. The summed E-state index contributed by atoms with van der Waals surface area (Å²) in [5.41, 5.74) is 5.13. The molecule has 0 bridgehead atoms. The third kappa shape index (κ3) is 4.96. The minimum absolute atomic E-state index is 0.247. The number of hydrogen-bond donors (Lipinski definition) is 2. The van der Waals surface area contributed by atoms with E-state index in [1.807, 2.05) is 0 Å². The summed E-state index contributed by atoms with van der Waals surface area (Å²) in [4.78, 5) is 25.1. The van der Waals surface area contributed by atoms with Crippen LogP contribution in [0.15, 0.2) is 0 Å². The van der Waals surface area contributed by atoms with Crippen LogP contribution in [0.4, 0.5) is 0 Å². The lowest BCUT2D eigenvalue weighted by Crippen LogP contribution is -2.39. The largest absolute Gasteiger partial charge is 0.353 e. The van der Waals surface area contributed by atoms with Crippen molar-refractivity contribution >= 4 is 5.91 Å². The maximum Gasteiger partial charge on any atom is 0.295 e. The smallest absolute Gasteiger partial charge is 0.295 e. The van der Waals surface area contributed by atoms with Crippen LogP contribution in [-0.4, -0.2) is 30.2 Å². The monoisotopic (exact) mass is 191 g/mol. The van der Waals surface area contributed by atoms with E-state index in [1.54, 1.807) is 6.92 Å². The zero-order valence-corrected chi connectivity index (χ0v) is 7.36. The molecule has 0 aromatic heterocycles. The van der Waals surface area contributed by atoms with Crippen LogP contribution in [0.2, 0.25) is 0 Å². The van der Waals surface area contributed by atoms with Gasteiger partial charge in [0.05, 0.1) is 0 Å². The van der Waals surface area contributed by atoms with Crippen LogP contribution >= 0.6 is 0 Å². The van der Waals surface area contributed by atoms with Gasteiger partial charge in [-0.1, -0.05) is 6.92 Å². The first-order valence-corrected chi connectivity index (χ1v) is 3.90. The highest BCUT2D eigenvalue weighted by molar-refractivity contribution is 5.80. The van der Waals surface area contributed by atoms with Gasteiger partial charge in [-0.2, -0.15) is 0 Å². The minimum Gasteiger partial charge on any atom is -0.353 e. The van der Waals surface area contributed by atoms with Crippen molar-refractivity contribution in [1.29, 1.82) is 0 Å². The summed E-state index contributed by atoms with van der Waals surface area (Å²) in [5.74, 6) is -0.510. The van der Waals surface area contributed by atoms with Crippen LogP contribution in [0.3, 0.4) is 0 Å². The lowest BCUT2D eigenvalue weighted by atomic mass is 10.2. The summed E-state index contributed by atoms with van der Waals surface area (Å²) in [6, 6.07) is 0. The number of nitrogens with one attached hydrogen (secondary N) is 1. The van der Waals surface area contributed by atoms with Crippen LogP contribution in [0.1, 0.15) is 13.3 Å². The highest BCUT2D eigenvalue weighted by Crippen LogP contribution is 1.97. The van der Waals surface area contributed by atoms with E-state index in [-0.39, 0.29) is 13.0 Å². The number of amides is 1. The van der Waals surface area contributed by atoms with Crippen molar-refractivity contribution in [2.45, 2.75) is 19.4 Å². The minimum atomic E-state index is -1.04. The molecule has 7 nitrogen and oxygen atoms in total. The first-order chi connectivity index (χ1) is 6.11. The average molecular weight is 191 g/mol. The standard InChI is InChI=1S/C6H13N3O4/c1-2-5(13-9(11)12)6(10)8-4-3-7/h5H,2-4,7H2,1H3,(H,8,10). The zero-order chi connectivity index (χ0) is 10.3. The Morgan fingerprint density at radius 3 is 2.77 bits per heavy atom. The molecule has 3 N–H and O–H groups in total. The molecule has 0 aromatic rings. The molecular formula is C6H13N3O4. The normalized spacial score (nSPS) is 11.8. The lowest BCUT2D eigenvalue weighted by Gasteiger charge is -2.11. The van der Waals surface area contributed by atoms with Crippen LogP contribution in [0, 0.1) is 10.1 Å². The molecule has 0 radical (unpaired) electrons. The van der Waals surface area contributed by atoms with Crippen LogP contribution in [0.5, 0.6) is 0 Å². The molecule has 13 heavy (non-hydrogen) atoms. The van der Waals surface area contributed by atoms with Gasteiger partial charge < -0.3 is 15.9 Å². The fourth-order valence-corrected chi connectivity index (χ4v) is 0.721. The molecule has 0 fully saturated rings. The number of carbonyl (C=O) groups excluding carboxylic acids is 1. The van der Waals surface area contributed by atoms with E-state index < -0.39 is 17.1 Å². The van der Waals surface area contributed by atoms with E-state index in [0.717, 1.165) is 0 Å². The number of nitrogens with zero attached hydrogens (tertiary/aromatic N) is 1. The van der Waals surface area contributed by atoms with Crippen molar-refractivity contribution in [2.24, 2.45) is 5.73 Å². The Morgan fingerprint density at radius 1 is 1.77 bits per heavy atom. The van der Waals surface area contributed by atoms with E-state index in [4.69, 9.17) is 5.73 Å². The summed E-state index contributed by atoms with van der Waals surface area (Å²) in [5, 5.41) is 11.3. The maximum atomic E-state index is 11.1. The molecule has 0 rings (SSSR count). The molecular weight excluding hydrogens is 178 g/mol. The summed E-state index contributed by atoms with van der Waals surface area (Å²) >= 11 is 0. The van der Waals surface area contributed by atoms with Gasteiger partial charge in [-0.05, 0) is 6.42 Å². The van der Waals surface area contributed by atoms with Crippen LogP contribution in [0.25, 0.3) is 0 Å². The molecule has 0 aromatic carbocycles. The molecule has 0 heterocycles. The van der Waals surface area contributed by atoms with Crippen molar-refractivity contribution in [3.8, 4) is 0 Å². The van der Waals surface area contributed by atoms with Gasteiger partial charge in [0.2, 0.25) is 5.91 Å². The van der Waals surface area contributed by atoms with Crippen LogP contribution in [-0.2, 0) is 9.63 Å². The summed E-state index contributed by atoms with van der Waals surface area (Å²) in [7, 11) is 0. The maximum absolute atomic E-state index is 11.1. The molecule has 0 spiro atoms. The van der Waals surface area contributed by atoms with Gasteiger partial charge in [-0.3, -0.25) is 4.79 Å². The van der Waals surface area contributed by atoms with Crippen molar-refractivity contribution in [3.63, 3.8) is 0 Å². The number of carbonyl (C=O) groups is 1. The predicted octanol–water partition coefficient (Wildman–Crippen LogP) is -0.952. The molecule has 0 aliphatic rings. The van der Waals surface area contributed by atoms with Gasteiger partial charge in [0.1, 0.15) is 0 Å². The third-order valence-electron chi connectivity index (χ3n) is 1.32. The van der Waals surface area contributed by atoms with E-state index in [1.165, 1.54) is 0 Å². The van der Waals surface area contributed by atoms with Gasteiger partial charge in [0.25, 0.3) is 5.09 Å². The Bertz CT molecular complexity index is 185. The third-order valence-corrected chi connectivity index (χ3v) is 1.32.